The Balaban J connectivity index is 2.35. The lowest BCUT2D eigenvalue weighted by molar-refractivity contribution is -0.117. The maximum absolute atomic E-state index is 11.9. The molecule has 0 spiro atoms. The van der Waals surface area contributed by atoms with Gasteiger partial charge in [0, 0.05) is 24.5 Å². The van der Waals surface area contributed by atoms with E-state index < -0.39 is 0 Å². The average Bonchev–Trinajstić information content (AvgIpc) is 2.65. The lowest BCUT2D eigenvalue weighted by Gasteiger charge is -2.20. The zero-order chi connectivity index (χ0) is 12.6. The summed E-state index contributed by atoms with van der Waals surface area (Å²) in [4.78, 5) is 13.7. The zero-order valence-corrected chi connectivity index (χ0v) is 10.8. The van der Waals surface area contributed by atoms with Gasteiger partial charge in [0.2, 0.25) is 5.91 Å². The average molecular weight is 254 g/mol. The summed E-state index contributed by atoms with van der Waals surface area (Å²) in [6, 6.07) is 3.56. The van der Waals surface area contributed by atoms with Crippen LogP contribution in [0.1, 0.15) is 17.5 Å². The van der Waals surface area contributed by atoms with Gasteiger partial charge >= 0.3 is 0 Å². The van der Waals surface area contributed by atoms with E-state index in [9.17, 15) is 9.90 Å². The van der Waals surface area contributed by atoms with Gasteiger partial charge in [0.25, 0.3) is 0 Å². The van der Waals surface area contributed by atoms with Crippen LogP contribution in [0.15, 0.2) is 12.1 Å². The highest BCUT2D eigenvalue weighted by Gasteiger charge is 2.30. The Bertz CT molecular complexity index is 459. The summed E-state index contributed by atoms with van der Waals surface area (Å²) in [7, 11) is 0. The van der Waals surface area contributed by atoms with Crippen LogP contribution in [0.4, 0.5) is 5.69 Å². The number of aryl methyl sites for hydroxylation is 2. The minimum Gasteiger partial charge on any atom is -0.508 e. The van der Waals surface area contributed by atoms with E-state index in [1.807, 2.05) is 19.9 Å². The van der Waals surface area contributed by atoms with Crippen LogP contribution in [0.3, 0.4) is 0 Å². The van der Waals surface area contributed by atoms with Gasteiger partial charge in [-0.05, 0) is 43.0 Å². The molecule has 0 radical (unpaired) electrons. The first-order valence-corrected chi connectivity index (χ1v) is 6.23. The fourth-order valence-corrected chi connectivity index (χ4v) is 2.40. The molecule has 92 valence electrons. The molecular weight excluding hydrogens is 238 g/mol. The lowest BCUT2D eigenvalue weighted by atomic mass is 10.1. The van der Waals surface area contributed by atoms with E-state index in [4.69, 9.17) is 11.6 Å². The maximum Gasteiger partial charge on any atom is 0.227 e. The highest BCUT2D eigenvalue weighted by atomic mass is 35.5. The van der Waals surface area contributed by atoms with Gasteiger partial charge in [-0.2, -0.15) is 0 Å². The van der Waals surface area contributed by atoms with Gasteiger partial charge in [0.15, 0.2) is 0 Å². The van der Waals surface area contributed by atoms with Crippen molar-refractivity contribution in [3.63, 3.8) is 0 Å². The van der Waals surface area contributed by atoms with Gasteiger partial charge < -0.3 is 10.0 Å². The third kappa shape index (κ3) is 2.25. The van der Waals surface area contributed by atoms with Crippen LogP contribution < -0.4 is 4.90 Å². The molecule has 2 rings (SSSR count). The molecule has 1 aliphatic heterocycles. The molecule has 1 saturated heterocycles. The summed E-state index contributed by atoms with van der Waals surface area (Å²) in [5, 5.41) is 9.61. The van der Waals surface area contributed by atoms with E-state index in [0.29, 0.717) is 18.8 Å². The molecule has 1 heterocycles. The second kappa shape index (κ2) is 4.57. The van der Waals surface area contributed by atoms with Crippen LogP contribution in [0.25, 0.3) is 0 Å². The van der Waals surface area contributed by atoms with Crippen molar-refractivity contribution in [2.75, 3.05) is 17.3 Å². The number of amides is 1. The van der Waals surface area contributed by atoms with Crippen molar-refractivity contribution in [2.24, 2.45) is 5.92 Å². The first-order chi connectivity index (χ1) is 8.02. The Morgan fingerprint density at radius 1 is 1.41 bits per heavy atom. The Hall–Kier alpha value is -1.22. The van der Waals surface area contributed by atoms with Crippen molar-refractivity contribution in [2.45, 2.75) is 20.3 Å². The van der Waals surface area contributed by atoms with Crippen molar-refractivity contribution in [1.29, 1.82) is 0 Å². The van der Waals surface area contributed by atoms with Gasteiger partial charge in [0.1, 0.15) is 5.75 Å². The molecule has 4 heteroatoms. The van der Waals surface area contributed by atoms with E-state index in [1.165, 1.54) is 0 Å². The molecule has 1 atom stereocenters. The molecule has 0 bridgehead atoms. The molecule has 17 heavy (non-hydrogen) atoms. The molecule has 0 saturated carbocycles. The number of carbonyl (C=O) groups is 1. The van der Waals surface area contributed by atoms with E-state index in [0.717, 1.165) is 16.8 Å². The fourth-order valence-electron chi connectivity index (χ4n) is 2.19. The minimum absolute atomic E-state index is 0.115. The highest BCUT2D eigenvalue weighted by molar-refractivity contribution is 6.18. The largest absolute Gasteiger partial charge is 0.508 e. The number of rotatable bonds is 2. The third-order valence-electron chi connectivity index (χ3n) is 3.23. The van der Waals surface area contributed by atoms with Crippen LogP contribution in [-0.2, 0) is 4.79 Å². The second-order valence-corrected chi connectivity index (χ2v) is 4.96. The number of carbonyl (C=O) groups excluding carboxylic acids is 1. The number of nitrogens with zero attached hydrogens (tertiary/aromatic N) is 1. The molecule has 1 aromatic carbocycles. The molecule has 1 fully saturated rings. The maximum atomic E-state index is 11.9. The summed E-state index contributed by atoms with van der Waals surface area (Å²) in [5.41, 5.74) is 2.59. The molecule has 1 aliphatic rings. The van der Waals surface area contributed by atoms with Crippen molar-refractivity contribution in [3.05, 3.63) is 23.3 Å². The van der Waals surface area contributed by atoms with E-state index in [1.54, 1.807) is 11.0 Å². The normalized spacial score (nSPS) is 20.1. The van der Waals surface area contributed by atoms with Crippen LogP contribution in [-0.4, -0.2) is 23.4 Å². The monoisotopic (exact) mass is 253 g/mol. The quantitative estimate of drug-likeness (QED) is 0.823. The van der Waals surface area contributed by atoms with Crippen LogP contribution >= 0.6 is 11.6 Å². The summed E-state index contributed by atoms with van der Waals surface area (Å²) >= 11 is 5.80. The Morgan fingerprint density at radius 2 is 2.12 bits per heavy atom. The Labute approximate surface area is 106 Å². The molecule has 1 aromatic rings. The first kappa shape index (κ1) is 12.2. The summed E-state index contributed by atoms with van der Waals surface area (Å²) in [6.45, 7) is 4.40. The van der Waals surface area contributed by atoms with E-state index >= 15 is 0 Å². The van der Waals surface area contributed by atoms with Crippen molar-refractivity contribution < 1.29 is 9.90 Å². The third-order valence-corrected chi connectivity index (χ3v) is 3.67. The predicted octanol–water partition coefficient (Wildman–Crippen LogP) is 2.60. The van der Waals surface area contributed by atoms with Gasteiger partial charge in [-0.3, -0.25) is 4.79 Å². The second-order valence-electron chi connectivity index (χ2n) is 4.65. The molecule has 3 nitrogen and oxygen atoms in total. The molecule has 0 aliphatic carbocycles. The first-order valence-electron chi connectivity index (χ1n) is 5.69. The van der Waals surface area contributed by atoms with Crippen LogP contribution in [0.5, 0.6) is 5.75 Å². The number of aromatic hydroxyl groups is 1. The number of phenolic OH excluding ortho intramolecular Hbond substituents is 1. The number of phenols is 1. The van der Waals surface area contributed by atoms with Crippen LogP contribution in [0.2, 0.25) is 0 Å². The van der Waals surface area contributed by atoms with Gasteiger partial charge in [-0.1, -0.05) is 0 Å². The highest BCUT2D eigenvalue weighted by Crippen LogP contribution is 2.32. The molecule has 1 amide bonds. The molecule has 1 N–H and O–H groups in total. The molecule has 0 aromatic heterocycles. The standard InChI is InChI=1S/C13H16ClNO2/c1-8-4-12(16)9(2)3-11(8)15-7-10(6-14)5-13(15)17/h3-4,10,16H,5-7H2,1-2H3. The summed E-state index contributed by atoms with van der Waals surface area (Å²) in [6.07, 6.45) is 0.517. The van der Waals surface area contributed by atoms with E-state index in [-0.39, 0.29) is 17.6 Å². The van der Waals surface area contributed by atoms with Crippen molar-refractivity contribution >= 4 is 23.2 Å². The van der Waals surface area contributed by atoms with Crippen molar-refractivity contribution in [1.82, 2.24) is 0 Å². The zero-order valence-electron chi connectivity index (χ0n) is 10.0. The summed E-state index contributed by atoms with van der Waals surface area (Å²) in [5.74, 6) is 1.13. The number of anilines is 1. The predicted molar refractivity (Wildman–Crippen MR) is 68.8 cm³/mol. The number of benzene rings is 1. The lowest BCUT2D eigenvalue weighted by Crippen LogP contribution is -2.25. The van der Waals surface area contributed by atoms with Crippen LogP contribution in [0, 0.1) is 19.8 Å². The van der Waals surface area contributed by atoms with Gasteiger partial charge in [-0.15, -0.1) is 11.6 Å². The van der Waals surface area contributed by atoms with E-state index in [2.05, 4.69) is 0 Å². The minimum atomic E-state index is 0.115. The van der Waals surface area contributed by atoms with Gasteiger partial charge in [0.05, 0.1) is 0 Å². The number of hydrogen-bond acceptors (Lipinski definition) is 2. The number of alkyl halides is 1. The topological polar surface area (TPSA) is 40.5 Å². The smallest absolute Gasteiger partial charge is 0.227 e. The Kier molecular flexibility index (Phi) is 3.29. The van der Waals surface area contributed by atoms with Crippen molar-refractivity contribution in [3.8, 4) is 5.75 Å². The number of halogens is 1. The fraction of sp³-hybridized carbons (Fsp3) is 0.462. The Morgan fingerprint density at radius 3 is 2.71 bits per heavy atom. The van der Waals surface area contributed by atoms with Gasteiger partial charge in [-0.25, -0.2) is 0 Å². The summed E-state index contributed by atoms with van der Waals surface area (Å²) < 4.78 is 0. The SMILES string of the molecule is Cc1cc(N2CC(CCl)CC2=O)c(C)cc1O. The number of hydrogen-bond donors (Lipinski definition) is 1. The molecule has 1 unspecified atom stereocenters. The molecular formula is C13H16ClNO2.